The second-order valence-electron chi connectivity index (χ2n) is 5.88. The predicted octanol–water partition coefficient (Wildman–Crippen LogP) is 2.18. The summed E-state index contributed by atoms with van der Waals surface area (Å²) in [6.45, 7) is -0.182. The Bertz CT molecular complexity index is 898. The normalized spacial score (nSPS) is 15.8. The quantitative estimate of drug-likeness (QED) is 0.605. The van der Waals surface area contributed by atoms with E-state index in [4.69, 9.17) is 9.84 Å². The van der Waals surface area contributed by atoms with E-state index in [1.54, 1.807) is 0 Å². The highest BCUT2D eigenvalue weighted by Crippen LogP contribution is 2.38. The number of hydrogen-bond acceptors (Lipinski definition) is 7. The second kappa shape index (κ2) is 7.38. The third-order valence-electron chi connectivity index (χ3n) is 4.13. The number of nitro benzene ring substituents is 2. The number of aliphatic hydroxyl groups excluding tert-OH is 1. The summed E-state index contributed by atoms with van der Waals surface area (Å²) in [5, 5.41) is 30.9. The van der Waals surface area contributed by atoms with Gasteiger partial charge in [-0.3, -0.25) is 25.0 Å². The van der Waals surface area contributed by atoms with Crippen LogP contribution >= 0.6 is 0 Å². The van der Waals surface area contributed by atoms with E-state index in [2.05, 4.69) is 0 Å². The summed E-state index contributed by atoms with van der Waals surface area (Å²) in [5.74, 6) is -0.229. The Morgan fingerprint density at radius 1 is 1.04 bits per heavy atom. The lowest BCUT2D eigenvalue weighted by atomic mass is 10.1. The molecule has 1 amide bonds. The van der Waals surface area contributed by atoms with Gasteiger partial charge in [-0.05, 0) is 11.6 Å². The summed E-state index contributed by atoms with van der Waals surface area (Å²) in [7, 11) is 0. The highest BCUT2D eigenvalue weighted by Gasteiger charge is 2.35. The molecular formula is C17H15N3O7. The third-order valence-corrected chi connectivity index (χ3v) is 4.13. The van der Waals surface area contributed by atoms with Gasteiger partial charge in [0.05, 0.1) is 28.1 Å². The van der Waals surface area contributed by atoms with Gasteiger partial charge in [-0.2, -0.15) is 0 Å². The van der Waals surface area contributed by atoms with Crippen LogP contribution in [0.3, 0.4) is 0 Å². The lowest BCUT2D eigenvalue weighted by Gasteiger charge is -2.34. The zero-order valence-corrected chi connectivity index (χ0v) is 14.0. The first kappa shape index (κ1) is 18.3. The van der Waals surface area contributed by atoms with Crippen molar-refractivity contribution in [2.45, 2.75) is 19.1 Å². The topological polar surface area (TPSA) is 136 Å². The van der Waals surface area contributed by atoms with Gasteiger partial charge in [0.2, 0.25) is 0 Å². The molecule has 0 aromatic heterocycles. The van der Waals surface area contributed by atoms with Crippen LogP contribution in [0.15, 0.2) is 42.5 Å². The Labute approximate surface area is 152 Å². The molecule has 0 spiro atoms. The van der Waals surface area contributed by atoms with Gasteiger partial charge in [0.25, 0.3) is 17.3 Å². The van der Waals surface area contributed by atoms with Crippen LogP contribution < -0.4 is 9.64 Å². The number of nitro groups is 2. The van der Waals surface area contributed by atoms with Crippen LogP contribution in [0.1, 0.15) is 12.0 Å². The number of ether oxygens (including phenoxy) is 1. The van der Waals surface area contributed by atoms with Gasteiger partial charge in [0.1, 0.15) is 0 Å². The predicted molar refractivity (Wildman–Crippen MR) is 93.5 cm³/mol. The molecule has 1 aliphatic heterocycles. The molecule has 0 fully saturated rings. The summed E-state index contributed by atoms with van der Waals surface area (Å²) >= 11 is 0. The number of benzene rings is 2. The van der Waals surface area contributed by atoms with Crippen LogP contribution in [0.5, 0.6) is 5.75 Å². The molecule has 0 aliphatic carbocycles. The van der Waals surface area contributed by atoms with Crippen LogP contribution in [-0.4, -0.2) is 33.6 Å². The summed E-state index contributed by atoms with van der Waals surface area (Å²) in [5.41, 5.74) is 0.753. The number of fused-ring (bicyclic) bond motifs is 1. The van der Waals surface area contributed by atoms with Crippen molar-refractivity contribution in [1.29, 1.82) is 0 Å². The second-order valence-corrected chi connectivity index (χ2v) is 5.88. The number of amides is 1. The van der Waals surface area contributed by atoms with Crippen molar-refractivity contribution in [3.8, 4) is 5.75 Å². The van der Waals surface area contributed by atoms with Crippen molar-refractivity contribution >= 4 is 23.0 Å². The summed E-state index contributed by atoms with van der Waals surface area (Å²) in [6.07, 6.45) is -0.930. The Kier molecular flexibility index (Phi) is 4.99. The van der Waals surface area contributed by atoms with E-state index in [1.807, 2.05) is 0 Å². The monoisotopic (exact) mass is 373 g/mol. The van der Waals surface area contributed by atoms with Gasteiger partial charge >= 0.3 is 0 Å². The molecule has 1 atom stereocenters. The van der Waals surface area contributed by atoms with E-state index in [1.165, 1.54) is 47.4 Å². The van der Waals surface area contributed by atoms with Gasteiger partial charge in [0, 0.05) is 31.2 Å². The number of non-ortho nitro benzene ring substituents is 2. The number of hydrogen-bond donors (Lipinski definition) is 1. The molecule has 0 saturated heterocycles. The SMILES string of the molecule is O=C1C(CCO)Oc2cc([N+](=O)[O-])ccc2N1Cc1ccc([N+](=O)[O-])cc1. The first-order chi connectivity index (χ1) is 12.9. The first-order valence-corrected chi connectivity index (χ1v) is 8.01. The van der Waals surface area contributed by atoms with Crippen LogP contribution in [0.4, 0.5) is 17.1 Å². The van der Waals surface area contributed by atoms with Crippen molar-refractivity contribution in [2.75, 3.05) is 11.5 Å². The average Bonchev–Trinajstić information content (AvgIpc) is 2.65. The van der Waals surface area contributed by atoms with Gasteiger partial charge in [-0.15, -0.1) is 0 Å². The summed E-state index contributed by atoms with van der Waals surface area (Å²) < 4.78 is 5.55. The molecule has 2 aromatic rings. The zero-order valence-electron chi connectivity index (χ0n) is 14.0. The highest BCUT2D eigenvalue weighted by molar-refractivity contribution is 6.00. The largest absolute Gasteiger partial charge is 0.478 e. The maximum absolute atomic E-state index is 12.7. The minimum atomic E-state index is -0.970. The van der Waals surface area contributed by atoms with E-state index in [-0.39, 0.29) is 36.7 Å². The molecule has 10 nitrogen and oxygen atoms in total. The van der Waals surface area contributed by atoms with E-state index in [0.29, 0.717) is 11.3 Å². The number of nitrogens with zero attached hydrogens (tertiary/aromatic N) is 3. The molecule has 140 valence electrons. The molecular weight excluding hydrogens is 358 g/mol. The molecule has 0 bridgehead atoms. The Hall–Kier alpha value is -3.53. The highest BCUT2D eigenvalue weighted by atomic mass is 16.6. The maximum Gasteiger partial charge on any atom is 0.273 e. The molecule has 1 heterocycles. The van der Waals surface area contributed by atoms with Crippen molar-refractivity contribution < 1.29 is 24.5 Å². The maximum atomic E-state index is 12.7. The molecule has 0 radical (unpaired) electrons. The van der Waals surface area contributed by atoms with Crippen LogP contribution in [0, 0.1) is 20.2 Å². The van der Waals surface area contributed by atoms with Crippen molar-refractivity contribution in [2.24, 2.45) is 0 Å². The molecule has 27 heavy (non-hydrogen) atoms. The molecule has 10 heteroatoms. The molecule has 1 N–H and O–H groups in total. The summed E-state index contributed by atoms with van der Waals surface area (Å²) in [4.78, 5) is 34.8. The zero-order chi connectivity index (χ0) is 19.6. The molecule has 3 rings (SSSR count). The molecule has 1 unspecified atom stereocenters. The number of anilines is 1. The third kappa shape index (κ3) is 3.70. The van der Waals surface area contributed by atoms with Gasteiger partial charge in [-0.1, -0.05) is 12.1 Å². The number of carbonyl (C=O) groups is 1. The van der Waals surface area contributed by atoms with E-state index >= 15 is 0 Å². The number of rotatable bonds is 6. The van der Waals surface area contributed by atoms with Crippen LogP contribution in [0.2, 0.25) is 0 Å². The van der Waals surface area contributed by atoms with E-state index in [9.17, 15) is 25.0 Å². The fraction of sp³-hybridized carbons (Fsp3) is 0.235. The minimum absolute atomic E-state index is 0.0394. The van der Waals surface area contributed by atoms with E-state index in [0.717, 1.165) is 0 Å². The lowest BCUT2D eigenvalue weighted by molar-refractivity contribution is -0.385. The molecule has 2 aromatic carbocycles. The lowest BCUT2D eigenvalue weighted by Crippen LogP contribution is -2.45. The van der Waals surface area contributed by atoms with Gasteiger partial charge < -0.3 is 14.7 Å². The number of carbonyl (C=O) groups excluding carboxylic acids is 1. The Morgan fingerprint density at radius 3 is 2.26 bits per heavy atom. The Balaban J connectivity index is 1.95. The minimum Gasteiger partial charge on any atom is -0.478 e. The van der Waals surface area contributed by atoms with Crippen molar-refractivity contribution in [3.63, 3.8) is 0 Å². The smallest absolute Gasteiger partial charge is 0.273 e. The molecule has 0 saturated carbocycles. The standard InChI is InChI=1S/C17H15N3O7/c21-8-7-15-17(22)18(10-11-1-3-12(4-2-11)19(23)24)14-6-5-13(20(25)26)9-16(14)27-15/h1-6,9,15,21H,7-8,10H2. The fourth-order valence-corrected chi connectivity index (χ4v) is 2.80. The first-order valence-electron chi connectivity index (χ1n) is 8.01. The fourth-order valence-electron chi connectivity index (χ4n) is 2.80. The Morgan fingerprint density at radius 2 is 1.67 bits per heavy atom. The number of aliphatic hydroxyl groups is 1. The average molecular weight is 373 g/mol. The van der Waals surface area contributed by atoms with Gasteiger partial charge in [0.15, 0.2) is 11.9 Å². The van der Waals surface area contributed by atoms with Gasteiger partial charge in [-0.25, -0.2) is 0 Å². The van der Waals surface area contributed by atoms with Crippen LogP contribution in [0.25, 0.3) is 0 Å². The summed E-state index contributed by atoms with van der Waals surface area (Å²) in [6, 6.07) is 9.66. The van der Waals surface area contributed by atoms with Crippen molar-refractivity contribution in [1.82, 2.24) is 0 Å². The van der Waals surface area contributed by atoms with E-state index < -0.39 is 21.9 Å². The van der Waals surface area contributed by atoms with Crippen LogP contribution in [-0.2, 0) is 11.3 Å². The molecule has 1 aliphatic rings. The van der Waals surface area contributed by atoms with Crippen molar-refractivity contribution in [3.05, 3.63) is 68.3 Å².